The zero-order valence-corrected chi connectivity index (χ0v) is 11.7. The van der Waals surface area contributed by atoms with Crippen molar-refractivity contribution in [2.75, 3.05) is 25.1 Å². The van der Waals surface area contributed by atoms with Crippen molar-refractivity contribution in [2.24, 2.45) is 0 Å². The number of hydrogen-bond acceptors (Lipinski definition) is 5. The standard InChI is InChI=1S/C11H17N3OS2/c1-8-10(17-7-13-8)5-14(2)11(15)9-6-16-4-3-12-9/h7,9,12H,3-6H2,1-2H3. The van der Waals surface area contributed by atoms with Crippen molar-refractivity contribution in [1.29, 1.82) is 0 Å². The van der Waals surface area contributed by atoms with Crippen molar-refractivity contribution in [2.45, 2.75) is 19.5 Å². The molecule has 17 heavy (non-hydrogen) atoms. The number of thioether (sulfide) groups is 1. The van der Waals surface area contributed by atoms with Gasteiger partial charge in [-0.3, -0.25) is 4.79 Å². The first-order chi connectivity index (χ1) is 8.18. The second-order valence-corrected chi connectivity index (χ2v) is 6.23. The molecule has 1 aromatic rings. The summed E-state index contributed by atoms with van der Waals surface area (Å²) in [5, 5.41) is 3.27. The van der Waals surface area contributed by atoms with Gasteiger partial charge in [0.2, 0.25) is 5.91 Å². The Labute approximate surface area is 110 Å². The van der Waals surface area contributed by atoms with Crippen LogP contribution in [0.2, 0.25) is 0 Å². The van der Waals surface area contributed by atoms with Crippen LogP contribution >= 0.6 is 23.1 Å². The number of amides is 1. The number of carbonyl (C=O) groups excluding carboxylic acids is 1. The van der Waals surface area contributed by atoms with Crippen LogP contribution in [-0.2, 0) is 11.3 Å². The van der Waals surface area contributed by atoms with E-state index in [2.05, 4.69) is 10.3 Å². The SMILES string of the molecule is Cc1ncsc1CN(C)C(=O)C1CSCCN1. The highest BCUT2D eigenvalue weighted by Crippen LogP contribution is 2.16. The smallest absolute Gasteiger partial charge is 0.240 e. The van der Waals surface area contributed by atoms with Crippen LogP contribution < -0.4 is 5.32 Å². The number of rotatable bonds is 3. The van der Waals surface area contributed by atoms with Crippen LogP contribution in [0.5, 0.6) is 0 Å². The summed E-state index contributed by atoms with van der Waals surface area (Å²) in [4.78, 5) is 19.3. The monoisotopic (exact) mass is 271 g/mol. The molecule has 1 N–H and O–H groups in total. The highest BCUT2D eigenvalue weighted by Gasteiger charge is 2.24. The lowest BCUT2D eigenvalue weighted by Crippen LogP contribution is -2.49. The van der Waals surface area contributed by atoms with Gasteiger partial charge in [-0.15, -0.1) is 11.3 Å². The van der Waals surface area contributed by atoms with Gasteiger partial charge >= 0.3 is 0 Å². The second kappa shape index (κ2) is 5.84. The Kier molecular flexibility index (Phi) is 4.42. The van der Waals surface area contributed by atoms with E-state index >= 15 is 0 Å². The number of nitrogens with zero attached hydrogens (tertiary/aromatic N) is 2. The molecule has 1 unspecified atom stereocenters. The zero-order valence-electron chi connectivity index (χ0n) is 10.1. The zero-order chi connectivity index (χ0) is 12.3. The van der Waals surface area contributed by atoms with Crippen LogP contribution in [0.25, 0.3) is 0 Å². The molecule has 94 valence electrons. The van der Waals surface area contributed by atoms with Crippen LogP contribution in [0.15, 0.2) is 5.51 Å². The minimum atomic E-state index is -0.0213. The van der Waals surface area contributed by atoms with E-state index in [9.17, 15) is 4.79 Å². The van der Waals surface area contributed by atoms with Crippen LogP contribution in [0, 0.1) is 6.92 Å². The second-order valence-electron chi connectivity index (χ2n) is 4.14. The average molecular weight is 271 g/mol. The number of aromatic nitrogens is 1. The van der Waals surface area contributed by atoms with E-state index in [-0.39, 0.29) is 11.9 Å². The number of likely N-dealkylation sites (N-methyl/N-ethyl adjacent to an activating group) is 1. The lowest BCUT2D eigenvalue weighted by atomic mass is 10.2. The van der Waals surface area contributed by atoms with Crippen molar-refractivity contribution < 1.29 is 4.79 Å². The molecule has 0 aliphatic carbocycles. The molecule has 1 atom stereocenters. The summed E-state index contributed by atoms with van der Waals surface area (Å²) < 4.78 is 0. The Hall–Kier alpha value is -0.590. The summed E-state index contributed by atoms with van der Waals surface area (Å²) in [5.74, 6) is 2.16. The molecular formula is C11H17N3OS2. The molecule has 2 rings (SSSR count). The Balaban J connectivity index is 1.93. The third-order valence-corrected chi connectivity index (χ3v) is 4.80. The van der Waals surface area contributed by atoms with E-state index in [0.717, 1.165) is 23.7 Å². The van der Waals surface area contributed by atoms with Gasteiger partial charge in [-0.25, -0.2) is 4.98 Å². The topological polar surface area (TPSA) is 45.2 Å². The highest BCUT2D eigenvalue weighted by atomic mass is 32.2. The number of carbonyl (C=O) groups is 1. The van der Waals surface area contributed by atoms with Gasteiger partial charge in [0.15, 0.2) is 0 Å². The number of aryl methyl sites for hydroxylation is 1. The maximum Gasteiger partial charge on any atom is 0.240 e. The van der Waals surface area contributed by atoms with Gasteiger partial charge in [0.1, 0.15) is 0 Å². The first-order valence-electron chi connectivity index (χ1n) is 5.63. The van der Waals surface area contributed by atoms with Crippen LogP contribution in [0.4, 0.5) is 0 Å². The third-order valence-electron chi connectivity index (χ3n) is 2.82. The van der Waals surface area contributed by atoms with E-state index in [4.69, 9.17) is 0 Å². The van der Waals surface area contributed by atoms with Gasteiger partial charge in [0, 0.05) is 30.0 Å². The number of thiazole rings is 1. The van der Waals surface area contributed by atoms with Crippen molar-refractivity contribution in [3.63, 3.8) is 0 Å². The van der Waals surface area contributed by atoms with Crippen LogP contribution in [-0.4, -0.2) is 46.9 Å². The van der Waals surface area contributed by atoms with Gasteiger partial charge < -0.3 is 10.2 Å². The molecule has 6 heteroatoms. The average Bonchev–Trinajstić information content (AvgIpc) is 2.75. The lowest BCUT2D eigenvalue weighted by molar-refractivity contribution is -0.132. The lowest BCUT2D eigenvalue weighted by Gasteiger charge is -2.27. The summed E-state index contributed by atoms with van der Waals surface area (Å²) >= 11 is 3.45. The first kappa shape index (κ1) is 12.9. The van der Waals surface area contributed by atoms with E-state index in [1.165, 1.54) is 4.88 Å². The Morgan fingerprint density at radius 3 is 3.12 bits per heavy atom. The molecule has 4 nitrogen and oxygen atoms in total. The van der Waals surface area contributed by atoms with Gasteiger partial charge in [-0.05, 0) is 6.92 Å². The number of nitrogens with one attached hydrogen (secondary N) is 1. The molecule has 1 fully saturated rings. The Morgan fingerprint density at radius 1 is 1.71 bits per heavy atom. The predicted molar refractivity (Wildman–Crippen MR) is 72.4 cm³/mol. The highest BCUT2D eigenvalue weighted by molar-refractivity contribution is 7.99. The molecule has 0 spiro atoms. The van der Waals surface area contributed by atoms with Gasteiger partial charge in [0.25, 0.3) is 0 Å². The molecule has 1 aliphatic heterocycles. The largest absolute Gasteiger partial charge is 0.339 e. The molecule has 0 radical (unpaired) electrons. The summed E-state index contributed by atoms with van der Waals surface area (Å²) in [7, 11) is 1.86. The van der Waals surface area contributed by atoms with E-state index in [0.29, 0.717) is 6.54 Å². The molecule has 1 amide bonds. The minimum Gasteiger partial charge on any atom is -0.339 e. The summed E-state index contributed by atoms with van der Waals surface area (Å²) in [6.45, 7) is 3.57. The quantitative estimate of drug-likeness (QED) is 0.895. The van der Waals surface area contributed by atoms with Crippen molar-refractivity contribution >= 4 is 29.0 Å². The molecule has 1 saturated heterocycles. The summed E-state index contributed by atoms with van der Waals surface area (Å²) in [6, 6.07) is -0.0213. The van der Waals surface area contributed by atoms with Gasteiger partial charge in [-0.1, -0.05) is 0 Å². The molecule has 0 aromatic carbocycles. The van der Waals surface area contributed by atoms with Crippen molar-refractivity contribution in [3.05, 3.63) is 16.1 Å². The normalized spacial score (nSPS) is 20.2. The molecule has 0 bridgehead atoms. The van der Waals surface area contributed by atoms with Crippen LogP contribution in [0.3, 0.4) is 0 Å². The van der Waals surface area contributed by atoms with E-state index in [1.807, 2.05) is 31.2 Å². The van der Waals surface area contributed by atoms with Crippen molar-refractivity contribution in [3.8, 4) is 0 Å². The van der Waals surface area contributed by atoms with Crippen LogP contribution in [0.1, 0.15) is 10.6 Å². The number of hydrogen-bond donors (Lipinski definition) is 1. The first-order valence-corrected chi connectivity index (χ1v) is 7.67. The third kappa shape index (κ3) is 3.20. The fraction of sp³-hybridized carbons (Fsp3) is 0.636. The molecular weight excluding hydrogens is 254 g/mol. The molecule has 0 saturated carbocycles. The Morgan fingerprint density at radius 2 is 2.53 bits per heavy atom. The molecule has 1 aromatic heterocycles. The summed E-state index contributed by atoms with van der Waals surface area (Å²) in [6.07, 6.45) is 0. The van der Waals surface area contributed by atoms with E-state index < -0.39 is 0 Å². The maximum atomic E-state index is 12.2. The molecule has 2 heterocycles. The van der Waals surface area contributed by atoms with Crippen molar-refractivity contribution in [1.82, 2.24) is 15.2 Å². The Bertz CT molecular complexity index is 388. The van der Waals surface area contributed by atoms with Gasteiger partial charge in [0.05, 0.1) is 23.8 Å². The van der Waals surface area contributed by atoms with E-state index in [1.54, 1.807) is 16.2 Å². The minimum absolute atomic E-state index is 0.0213. The van der Waals surface area contributed by atoms with Gasteiger partial charge in [-0.2, -0.15) is 11.8 Å². The fourth-order valence-electron chi connectivity index (χ4n) is 1.76. The predicted octanol–water partition coefficient (Wildman–Crippen LogP) is 1.11. The fourth-order valence-corrected chi connectivity index (χ4v) is 3.52. The summed E-state index contributed by atoms with van der Waals surface area (Å²) in [5.41, 5.74) is 2.86. The maximum absolute atomic E-state index is 12.2. The molecule has 1 aliphatic rings.